The highest BCUT2D eigenvalue weighted by Crippen LogP contribution is 2.44. The number of amides is 1. The summed E-state index contributed by atoms with van der Waals surface area (Å²) in [5.74, 6) is -0.105. The molecule has 2 heterocycles. The lowest BCUT2D eigenvalue weighted by atomic mass is 9.83. The number of rotatable bonds is 3. The Morgan fingerprint density at radius 3 is 2.52 bits per heavy atom. The molecule has 0 spiro atoms. The minimum absolute atomic E-state index is 0.0563. The first-order valence-electron chi connectivity index (χ1n) is 8.11. The van der Waals surface area contributed by atoms with Gasteiger partial charge in [-0.05, 0) is 18.2 Å². The van der Waals surface area contributed by atoms with Crippen LogP contribution in [0.25, 0.3) is 0 Å². The summed E-state index contributed by atoms with van der Waals surface area (Å²) in [6.07, 6.45) is 0.198. The third-order valence-corrected chi connectivity index (χ3v) is 4.65. The molecule has 0 radical (unpaired) electrons. The van der Waals surface area contributed by atoms with Gasteiger partial charge in [-0.15, -0.1) is 0 Å². The number of para-hydroxylation sites is 2. The van der Waals surface area contributed by atoms with E-state index in [9.17, 15) is 9.59 Å². The van der Waals surface area contributed by atoms with E-state index in [1.54, 1.807) is 12.0 Å². The van der Waals surface area contributed by atoms with Crippen LogP contribution in [0.1, 0.15) is 17.9 Å². The summed E-state index contributed by atoms with van der Waals surface area (Å²) < 4.78 is 10.7. The highest BCUT2D eigenvalue weighted by Gasteiger charge is 2.43. The minimum Gasteiger partial charge on any atom is -0.496 e. The average molecular weight is 335 g/mol. The molecule has 0 aliphatic carbocycles. The lowest BCUT2D eigenvalue weighted by Crippen LogP contribution is -2.37. The summed E-state index contributed by atoms with van der Waals surface area (Å²) in [6, 6.07) is 16.8. The molecule has 0 bridgehead atoms. The lowest BCUT2D eigenvalue weighted by Gasteiger charge is -2.32. The second-order valence-electron chi connectivity index (χ2n) is 6.00. The smallest absolute Gasteiger partial charge is 0.336 e. The Kier molecular flexibility index (Phi) is 3.76. The fourth-order valence-corrected chi connectivity index (χ4v) is 3.55. The number of esters is 1. The molecule has 1 amide bonds. The third kappa shape index (κ3) is 2.48. The Balaban J connectivity index is 1.86. The predicted octanol–water partition coefficient (Wildman–Crippen LogP) is 3.03. The van der Waals surface area contributed by atoms with Crippen molar-refractivity contribution in [2.24, 2.45) is 0 Å². The van der Waals surface area contributed by atoms with Gasteiger partial charge in [0.15, 0.2) is 0 Å². The largest absolute Gasteiger partial charge is 0.496 e. The van der Waals surface area contributed by atoms with Crippen LogP contribution < -0.4 is 9.64 Å². The van der Waals surface area contributed by atoms with Crippen LogP contribution in [0.4, 0.5) is 5.69 Å². The van der Waals surface area contributed by atoms with Crippen molar-refractivity contribution in [1.29, 1.82) is 0 Å². The number of hydrogen-bond acceptors (Lipinski definition) is 4. The van der Waals surface area contributed by atoms with Crippen molar-refractivity contribution < 1.29 is 19.1 Å². The molecule has 0 fully saturated rings. The maximum Gasteiger partial charge on any atom is 0.336 e. The van der Waals surface area contributed by atoms with Crippen molar-refractivity contribution in [3.8, 4) is 5.75 Å². The lowest BCUT2D eigenvalue weighted by molar-refractivity contribution is -0.136. The zero-order chi connectivity index (χ0) is 17.4. The van der Waals surface area contributed by atoms with E-state index < -0.39 is 0 Å². The number of nitrogens with zero attached hydrogens (tertiary/aromatic N) is 1. The zero-order valence-corrected chi connectivity index (χ0v) is 13.8. The van der Waals surface area contributed by atoms with Crippen LogP contribution in [-0.2, 0) is 14.3 Å². The van der Waals surface area contributed by atoms with E-state index in [1.165, 1.54) is 0 Å². The zero-order valence-electron chi connectivity index (χ0n) is 13.8. The third-order valence-electron chi connectivity index (χ3n) is 4.65. The van der Waals surface area contributed by atoms with E-state index in [1.807, 2.05) is 54.6 Å². The maximum absolute atomic E-state index is 12.9. The van der Waals surface area contributed by atoms with E-state index in [0.29, 0.717) is 17.0 Å². The van der Waals surface area contributed by atoms with Crippen molar-refractivity contribution in [2.75, 3.05) is 18.6 Å². The summed E-state index contributed by atoms with van der Waals surface area (Å²) in [5, 5.41) is 0. The number of anilines is 1. The molecule has 5 nitrogen and oxygen atoms in total. The van der Waals surface area contributed by atoms with E-state index >= 15 is 0 Å². The standard InChI is InChI=1S/C20H17NO4/c1-24-17-10-6-5-9-14(17)15-11-18(22)21(13-7-3-2-4-8-13)16-12-25-20(23)19(15)16/h2-10,15H,11-12H2,1H3/t15-/m0/s1. The number of cyclic esters (lactones) is 1. The Labute approximate surface area is 145 Å². The highest BCUT2D eigenvalue weighted by atomic mass is 16.5. The Hall–Kier alpha value is -3.08. The Morgan fingerprint density at radius 2 is 1.76 bits per heavy atom. The van der Waals surface area contributed by atoms with E-state index in [2.05, 4.69) is 0 Å². The second kappa shape index (κ2) is 6.09. The van der Waals surface area contributed by atoms with Crippen molar-refractivity contribution >= 4 is 17.6 Å². The van der Waals surface area contributed by atoms with E-state index in [-0.39, 0.29) is 30.8 Å². The van der Waals surface area contributed by atoms with Gasteiger partial charge in [0.05, 0.1) is 18.4 Å². The number of carbonyl (C=O) groups excluding carboxylic acids is 2. The SMILES string of the molecule is COc1ccccc1[C@@H]1CC(=O)N(c2ccccc2)C2=C1C(=O)OC2. The molecule has 5 heteroatoms. The normalized spacial score (nSPS) is 19.7. The van der Waals surface area contributed by atoms with Gasteiger partial charge in [0.2, 0.25) is 5.91 Å². The van der Waals surface area contributed by atoms with Crippen LogP contribution in [-0.4, -0.2) is 25.6 Å². The number of hydrogen-bond donors (Lipinski definition) is 0. The molecule has 0 aromatic heterocycles. The second-order valence-corrected chi connectivity index (χ2v) is 6.00. The number of benzene rings is 2. The summed E-state index contributed by atoms with van der Waals surface area (Å²) in [7, 11) is 1.59. The van der Waals surface area contributed by atoms with Gasteiger partial charge < -0.3 is 9.47 Å². The van der Waals surface area contributed by atoms with Gasteiger partial charge in [0, 0.05) is 23.6 Å². The predicted molar refractivity (Wildman–Crippen MR) is 92.3 cm³/mol. The van der Waals surface area contributed by atoms with Gasteiger partial charge in [0.25, 0.3) is 0 Å². The molecule has 2 aromatic carbocycles. The molecule has 0 unspecified atom stereocenters. The first-order chi connectivity index (χ1) is 12.2. The quantitative estimate of drug-likeness (QED) is 0.809. The molecule has 2 aromatic rings. The van der Waals surface area contributed by atoms with Gasteiger partial charge >= 0.3 is 5.97 Å². The average Bonchev–Trinajstić information content (AvgIpc) is 3.03. The van der Waals surface area contributed by atoms with Gasteiger partial charge in [-0.1, -0.05) is 36.4 Å². The molecule has 2 aliphatic heterocycles. The van der Waals surface area contributed by atoms with Crippen molar-refractivity contribution in [1.82, 2.24) is 0 Å². The van der Waals surface area contributed by atoms with Gasteiger partial charge in [-0.3, -0.25) is 9.69 Å². The first-order valence-corrected chi connectivity index (χ1v) is 8.11. The van der Waals surface area contributed by atoms with Crippen molar-refractivity contribution in [2.45, 2.75) is 12.3 Å². The molecular weight excluding hydrogens is 318 g/mol. The van der Waals surface area contributed by atoms with Gasteiger partial charge in [0.1, 0.15) is 12.4 Å². The van der Waals surface area contributed by atoms with E-state index in [4.69, 9.17) is 9.47 Å². The monoisotopic (exact) mass is 335 g/mol. The minimum atomic E-state index is -0.362. The van der Waals surface area contributed by atoms with Crippen LogP contribution in [0.15, 0.2) is 65.9 Å². The molecule has 0 saturated carbocycles. The summed E-state index contributed by atoms with van der Waals surface area (Å²) in [6.45, 7) is 0.112. The van der Waals surface area contributed by atoms with Crippen molar-refractivity contribution in [3.05, 3.63) is 71.4 Å². The fraction of sp³-hybridized carbons (Fsp3) is 0.200. The van der Waals surface area contributed by atoms with Crippen molar-refractivity contribution in [3.63, 3.8) is 0 Å². The molecule has 2 aliphatic rings. The fourth-order valence-electron chi connectivity index (χ4n) is 3.55. The first kappa shape index (κ1) is 15.4. The molecule has 126 valence electrons. The molecule has 4 rings (SSSR count). The summed E-state index contributed by atoms with van der Waals surface area (Å²) in [5.41, 5.74) is 2.76. The Bertz CT molecular complexity index is 872. The van der Waals surface area contributed by atoms with Crippen LogP contribution in [0.3, 0.4) is 0 Å². The van der Waals surface area contributed by atoms with Crippen LogP contribution in [0.5, 0.6) is 5.75 Å². The van der Waals surface area contributed by atoms with Crippen LogP contribution >= 0.6 is 0 Å². The number of carbonyl (C=O) groups is 2. The molecule has 0 N–H and O–H groups in total. The molecule has 25 heavy (non-hydrogen) atoms. The molecular formula is C20H17NO4. The number of ether oxygens (including phenoxy) is 2. The summed E-state index contributed by atoms with van der Waals surface area (Å²) in [4.78, 5) is 26.9. The Morgan fingerprint density at radius 1 is 1.04 bits per heavy atom. The van der Waals surface area contributed by atoms with Crippen LogP contribution in [0, 0.1) is 0 Å². The van der Waals surface area contributed by atoms with Crippen LogP contribution in [0.2, 0.25) is 0 Å². The topological polar surface area (TPSA) is 55.8 Å². The maximum atomic E-state index is 12.9. The molecule has 0 saturated heterocycles. The molecule has 1 atom stereocenters. The van der Waals surface area contributed by atoms with Gasteiger partial charge in [-0.2, -0.15) is 0 Å². The summed E-state index contributed by atoms with van der Waals surface area (Å²) >= 11 is 0. The highest BCUT2D eigenvalue weighted by molar-refractivity contribution is 6.06. The van der Waals surface area contributed by atoms with E-state index in [0.717, 1.165) is 11.3 Å². The van der Waals surface area contributed by atoms with Gasteiger partial charge in [-0.25, -0.2) is 4.79 Å². The number of methoxy groups -OCH3 is 1.